The minimum absolute atomic E-state index is 0.286. The minimum atomic E-state index is -0.540. The van der Waals surface area contributed by atoms with E-state index in [-0.39, 0.29) is 10.8 Å². The van der Waals surface area contributed by atoms with Gasteiger partial charge < -0.3 is 5.11 Å². The summed E-state index contributed by atoms with van der Waals surface area (Å²) in [6.45, 7) is 16.1. The second-order valence-corrected chi connectivity index (χ2v) is 12.9. The van der Waals surface area contributed by atoms with Crippen molar-refractivity contribution in [2.75, 3.05) is 0 Å². The van der Waals surface area contributed by atoms with Gasteiger partial charge in [0.05, 0.1) is 11.5 Å². The molecule has 31 heavy (non-hydrogen) atoms. The average molecular weight is 427 g/mol. The second kappa shape index (κ2) is 7.86. The van der Waals surface area contributed by atoms with Gasteiger partial charge in [-0.05, 0) is 101 Å². The SMILES string of the molecule is CC(C)=CCC[C@@H](C)[C@H]1CC[C@H]2[C@@H]3CC=C4C(C)(C)[C@H](O)CC(=O)[C@]4(C)[C@H]3CC[C@]12C. The Morgan fingerprint density at radius 1 is 1.16 bits per heavy atom. The van der Waals surface area contributed by atoms with E-state index in [9.17, 15) is 9.90 Å². The molecule has 0 unspecified atom stereocenters. The molecular formula is C29H46O2. The van der Waals surface area contributed by atoms with E-state index in [0.29, 0.717) is 29.5 Å². The van der Waals surface area contributed by atoms with Crippen LogP contribution in [0.1, 0.15) is 99.8 Å². The topological polar surface area (TPSA) is 37.3 Å². The predicted molar refractivity (Wildman–Crippen MR) is 129 cm³/mol. The van der Waals surface area contributed by atoms with Crippen molar-refractivity contribution < 1.29 is 9.90 Å². The smallest absolute Gasteiger partial charge is 0.145 e. The normalized spacial score (nSPS) is 44.6. The van der Waals surface area contributed by atoms with E-state index in [4.69, 9.17) is 0 Å². The molecule has 0 saturated heterocycles. The highest BCUT2D eigenvalue weighted by atomic mass is 16.3. The van der Waals surface area contributed by atoms with Crippen molar-refractivity contribution >= 4 is 5.78 Å². The molecule has 2 heteroatoms. The third-order valence-corrected chi connectivity index (χ3v) is 10.8. The van der Waals surface area contributed by atoms with E-state index in [0.717, 1.165) is 24.2 Å². The lowest BCUT2D eigenvalue weighted by Crippen LogP contribution is -2.58. The number of allylic oxidation sites excluding steroid dienone is 3. The first-order chi connectivity index (χ1) is 14.4. The fourth-order valence-electron chi connectivity index (χ4n) is 8.92. The van der Waals surface area contributed by atoms with Crippen LogP contribution in [0, 0.1) is 45.8 Å². The fourth-order valence-corrected chi connectivity index (χ4v) is 8.92. The Hall–Kier alpha value is -0.890. The van der Waals surface area contributed by atoms with Gasteiger partial charge in [-0.3, -0.25) is 4.79 Å². The summed E-state index contributed by atoms with van der Waals surface area (Å²) in [5, 5.41) is 10.7. The summed E-state index contributed by atoms with van der Waals surface area (Å²) in [5.41, 5.74) is 2.47. The van der Waals surface area contributed by atoms with Crippen molar-refractivity contribution in [3.8, 4) is 0 Å². The van der Waals surface area contributed by atoms with Crippen LogP contribution in [0.5, 0.6) is 0 Å². The number of aliphatic hydroxyl groups excluding tert-OH is 1. The van der Waals surface area contributed by atoms with Gasteiger partial charge in [-0.2, -0.15) is 0 Å². The van der Waals surface area contributed by atoms with Crippen molar-refractivity contribution in [3.63, 3.8) is 0 Å². The van der Waals surface area contributed by atoms with Crippen LogP contribution in [0.15, 0.2) is 23.3 Å². The molecule has 0 spiro atoms. The molecule has 0 bridgehead atoms. The molecule has 0 aromatic carbocycles. The van der Waals surface area contributed by atoms with Crippen LogP contribution in [-0.2, 0) is 4.79 Å². The Kier molecular flexibility index (Phi) is 5.90. The van der Waals surface area contributed by atoms with E-state index in [1.807, 2.05) is 0 Å². The molecule has 8 atom stereocenters. The summed E-state index contributed by atoms with van der Waals surface area (Å²) < 4.78 is 0. The Morgan fingerprint density at radius 2 is 1.87 bits per heavy atom. The maximum absolute atomic E-state index is 13.4. The van der Waals surface area contributed by atoms with Gasteiger partial charge in [0.25, 0.3) is 0 Å². The first kappa shape index (κ1) is 23.3. The van der Waals surface area contributed by atoms with Crippen LogP contribution in [0.25, 0.3) is 0 Å². The molecule has 2 nitrogen and oxygen atoms in total. The van der Waals surface area contributed by atoms with Gasteiger partial charge in [-0.15, -0.1) is 0 Å². The van der Waals surface area contributed by atoms with Crippen LogP contribution < -0.4 is 0 Å². The Balaban J connectivity index is 1.60. The highest BCUT2D eigenvalue weighted by Crippen LogP contribution is 2.68. The molecule has 4 aliphatic rings. The highest BCUT2D eigenvalue weighted by molar-refractivity contribution is 5.90. The van der Waals surface area contributed by atoms with Crippen molar-refractivity contribution in [2.45, 2.75) is 106 Å². The number of rotatable bonds is 4. The van der Waals surface area contributed by atoms with Crippen LogP contribution in [0.3, 0.4) is 0 Å². The standard InChI is InChI=1S/C29H46O2/c1-18(2)9-8-10-19(3)21-12-13-22-20-11-14-24-27(4,5)25(30)17-26(31)29(24,7)23(20)15-16-28(21,22)6/h9,14,19-23,25,30H,8,10-13,15-17H2,1-7H3/t19-,20+,21-,22+,23+,25-,28-,29-/m1/s1. The van der Waals surface area contributed by atoms with E-state index in [2.05, 4.69) is 60.6 Å². The number of hydrogen-bond acceptors (Lipinski definition) is 2. The Bertz CT molecular complexity index is 785. The lowest BCUT2D eigenvalue weighted by atomic mass is 9.44. The molecule has 0 aliphatic heterocycles. The summed E-state index contributed by atoms with van der Waals surface area (Å²) in [4.78, 5) is 13.4. The largest absolute Gasteiger partial charge is 0.392 e. The van der Waals surface area contributed by atoms with Crippen LogP contribution in [-0.4, -0.2) is 17.0 Å². The molecule has 0 amide bonds. The van der Waals surface area contributed by atoms with Crippen molar-refractivity contribution in [1.29, 1.82) is 0 Å². The van der Waals surface area contributed by atoms with Gasteiger partial charge in [-0.1, -0.05) is 51.0 Å². The van der Waals surface area contributed by atoms with E-state index in [1.54, 1.807) is 0 Å². The van der Waals surface area contributed by atoms with Gasteiger partial charge in [-0.25, -0.2) is 0 Å². The zero-order valence-electron chi connectivity index (χ0n) is 21.1. The van der Waals surface area contributed by atoms with Crippen molar-refractivity contribution in [3.05, 3.63) is 23.3 Å². The number of carbonyl (C=O) groups excluding carboxylic acids is 1. The molecule has 0 aromatic heterocycles. The first-order valence-electron chi connectivity index (χ1n) is 13.0. The lowest BCUT2D eigenvalue weighted by molar-refractivity contribution is -0.146. The first-order valence-corrected chi connectivity index (χ1v) is 13.0. The predicted octanol–water partition coefficient (Wildman–Crippen LogP) is 7.12. The number of carbonyl (C=O) groups is 1. The van der Waals surface area contributed by atoms with E-state index in [1.165, 1.54) is 49.7 Å². The van der Waals surface area contributed by atoms with Gasteiger partial charge in [0.15, 0.2) is 0 Å². The van der Waals surface area contributed by atoms with Crippen molar-refractivity contribution in [2.24, 2.45) is 45.8 Å². The summed E-state index contributed by atoms with van der Waals surface area (Å²) in [6, 6.07) is 0. The molecule has 4 rings (SSSR count). The van der Waals surface area contributed by atoms with Gasteiger partial charge in [0.2, 0.25) is 0 Å². The molecule has 1 N–H and O–H groups in total. The molecule has 3 saturated carbocycles. The summed E-state index contributed by atoms with van der Waals surface area (Å²) >= 11 is 0. The number of fused-ring (bicyclic) bond motifs is 5. The molecular weight excluding hydrogens is 380 g/mol. The number of hydrogen-bond donors (Lipinski definition) is 1. The van der Waals surface area contributed by atoms with Crippen LogP contribution in [0.2, 0.25) is 0 Å². The van der Waals surface area contributed by atoms with Crippen LogP contribution in [0.4, 0.5) is 0 Å². The maximum atomic E-state index is 13.4. The molecule has 0 aromatic rings. The number of Topliss-reactive ketones (excluding diaryl/α,β-unsaturated/α-hetero) is 1. The summed E-state index contributed by atoms with van der Waals surface area (Å²) in [6.07, 6.45) is 13.4. The van der Waals surface area contributed by atoms with Gasteiger partial charge >= 0.3 is 0 Å². The Labute approximate surface area is 191 Å². The van der Waals surface area contributed by atoms with E-state index < -0.39 is 6.10 Å². The molecule has 174 valence electrons. The monoisotopic (exact) mass is 426 g/mol. The fraction of sp³-hybridized carbons (Fsp3) is 0.828. The molecule has 3 fully saturated rings. The van der Waals surface area contributed by atoms with Gasteiger partial charge in [0.1, 0.15) is 5.78 Å². The molecule has 4 aliphatic carbocycles. The zero-order chi connectivity index (χ0) is 22.8. The quantitative estimate of drug-likeness (QED) is 0.486. The number of ketones is 1. The molecule has 0 radical (unpaired) electrons. The summed E-state index contributed by atoms with van der Waals surface area (Å²) in [5.74, 6) is 3.75. The minimum Gasteiger partial charge on any atom is -0.392 e. The second-order valence-electron chi connectivity index (χ2n) is 12.9. The number of aliphatic hydroxyl groups is 1. The zero-order valence-corrected chi connectivity index (χ0v) is 21.1. The maximum Gasteiger partial charge on any atom is 0.145 e. The summed E-state index contributed by atoms with van der Waals surface area (Å²) in [7, 11) is 0. The lowest BCUT2D eigenvalue weighted by Gasteiger charge is -2.60. The molecule has 0 heterocycles. The third-order valence-electron chi connectivity index (χ3n) is 10.8. The highest BCUT2D eigenvalue weighted by Gasteiger charge is 2.63. The van der Waals surface area contributed by atoms with Crippen LogP contribution >= 0.6 is 0 Å². The third kappa shape index (κ3) is 3.42. The van der Waals surface area contributed by atoms with Crippen molar-refractivity contribution in [1.82, 2.24) is 0 Å². The average Bonchev–Trinajstić information content (AvgIpc) is 3.04. The van der Waals surface area contributed by atoms with Gasteiger partial charge in [0, 0.05) is 11.8 Å². The Morgan fingerprint density at radius 3 is 2.55 bits per heavy atom. The van der Waals surface area contributed by atoms with E-state index >= 15 is 0 Å².